The highest BCUT2D eigenvalue weighted by molar-refractivity contribution is 5.97. The van der Waals surface area contributed by atoms with Gasteiger partial charge < -0.3 is 9.64 Å². The molecule has 1 aromatic carbocycles. The fraction of sp³-hybridized carbons (Fsp3) is 0.581. The van der Waals surface area contributed by atoms with E-state index in [2.05, 4.69) is 25.8 Å². The third-order valence-corrected chi connectivity index (χ3v) is 7.22. The minimum Gasteiger partial charge on any atom is -0.490 e. The maximum atomic E-state index is 13.7. The van der Waals surface area contributed by atoms with E-state index in [-0.39, 0.29) is 18.1 Å². The molecule has 0 bridgehead atoms. The Morgan fingerprint density at radius 2 is 1.86 bits per heavy atom. The number of fused-ring (bicyclic) bond motifs is 1. The highest BCUT2D eigenvalue weighted by Gasteiger charge is 2.32. The van der Waals surface area contributed by atoms with Crippen LogP contribution < -0.4 is 4.74 Å². The van der Waals surface area contributed by atoms with Crippen molar-refractivity contribution in [1.82, 2.24) is 19.5 Å². The van der Waals surface area contributed by atoms with Crippen molar-refractivity contribution in [3.63, 3.8) is 0 Å². The van der Waals surface area contributed by atoms with Gasteiger partial charge in [-0.05, 0) is 77.5 Å². The zero-order chi connectivity index (χ0) is 27.1. The normalized spacial score (nSPS) is 16.5. The number of nitrogens with zero attached hydrogens (tertiary/aromatic N) is 4. The minimum atomic E-state index is -0.0547. The van der Waals surface area contributed by atoms with E-state index >= 15 is 0 Å². The van der Waals surface area contributed by atoms with E-state index in [4.69, 9.17) is 9.84 Å². The van der Waals surface area contributed by atoms with Crippen LogP contribution in [-0.4, -0.2) is 38.1 Å². The van der Waals surface area contributed by atoms with Crippen molar-refractivity contribution in [3.05, 3.63) is 58.5 Å². The summed E-state index contributed by atoms with van der Waals surface area (Å²) in [6.07, 6.45) is 9.08. The number of benzene rings is 1. The highest BCUT2D eigenvalue weighted by atomic mass is 16.5. The average molecular weight is 507 g/mol. The van der Waals surface area contributed by atoms with Crippen LogP contribution in [0.15, 0.2) is 30.5 Å². The van der Waals surface area contributed by atoms with E-state index < -0.39 is 0 Å². The molecule has 0 N–H and O–H groups in total. The molecule has 0 radical (unpaired) electrons. The summed E-state index contributed by atoms with van der Waals surface area (Å²) in [6.45, 7) is 17.5. The fourth-order valence-electron chi connectivity index (χ4n) is 4.78. The van der Waals surface area contributed by atoms with Crippen LogP contribution >= 0.6 is 0 Å². The SMILES string of the molecule is CCCC(C)CC.Cc1ccc(OC(C)C)c(C(=O)N2CCCC[C@H]2c2cc3nc(C)c(C)cn3n2)c1. The number of hydrogen-bond acceptors (Lipinski definition) is 4. The van der Waals surface area contributed by atoms with Crippen molar-refractivity contribution < 1.29 is 9.53 Å². The van der Waals surface area contributed by atoms with Gasteiger partial charge in [0.15, 0.2) is 5.65 Å². The first-order valence-electron chi connectivity index (χ1n) is 14.1. The molecule has 0 spiro atoms. The number of carbonyl (C=O) groups is 1. The van der Waals surface area contributed by atoms with Crippen LogP contribution in [0.3, 0.4) is 0 Å². The van der Waals surface area contributed by atoms with E-state index in [1.807, 2.05) is 74.5 Å². The Bertz CT molecular complexity index is 1140. The van der Waals surface area contributed by atoms with Gasteiger partial charge >= 0.3 is 0 Å². The van der Waals surface area contributed by atoms with E-state index in [1.165, 1.54) is 19.3 Å². The van der Waals surface area contributed by atoms with Gasteiger partial charge in [0.2, 0.25) is 0 Å². The van der Waals surface area contributed by atoms with Crippen LogP contribution in [0.2, 0.25) is 0 Å². The molecule has 3 heterocycles. The zero-order valence-electron chi connectivity index (χ0n) is 24.2. The molecule has 1 fully saturated rings. The number of hydrogen-bond donors (Lipinski definition) is 0. The van der Waals surface area contributed by atoms with Crippen molar-refractivity contribution in [2.24, 2.45) is 5.92 Å². The predicted octanol–water partition coefficient (Wildman–Crippen LogP) is 7.64. The van der Waals surface area contributed by atoms with Crippen molar-refractivity contribution in [2.75, 3.05) is 6.54 Å². The van der Waals surface area contributed by atoms with Crippen LogP contribution in [0.25, 0.3) is 5.65 Å². The van der Waals surface area contributed by atoms with Crippen molar-refractivity contribution in [3.8, 4) is 5.75 Å². The molecular formula is C31H46N4O2. The van der Waals surface area contributed by atoms with Gasteiger partial charge in [-0.25, -0.2) is 9.50 Å². The second kappa shape index (κ2) is 13.1. The third-order valence-electron chi connectivity index (χ3n) is 7.22. The first kappa shape index (κ1) is 28.7. The van der Waals surface area contributed by atoms with Gasteiger partial charge in [-0.2, -0.15) is 5.10 Å². The molecular weight excluding hydrogens is 460 g/mol. The van der Waals surface area contributed by atoms with E-state index in [0.717, 1.165) is 59.9 Å². The van der Waals surface area contributed by atoms with Crippen molar-refractivity contribution in [2.45, 2.75) is 106 Å². The number of aryl methyl sites for hydroxylation is 3. The van der Waals surface area contributed by atoms with Crippen molar-refractivity contribution >= 4 is 11.6 Å². The maximum absolute atomic E-state index is 13.7. The first-order chi connectivity index (χ1) is 17.6. The topological polar surface area (TPSA) is 59.7 Å². The molecule has 2 atom stereocenters. The number of aromatic nitrogens is 3. The molecule has 1 aliphatic rings. The second-order valence-electron chi connectivity index (χ2n) is 10.9. The molecule has 2 aromatic heterocycles. The van der Waals surface area contributed by atoms with E-state index in [9.17, 15) is 4.79 Å². The number of rotatable bonds is 7. The van der Waals surface area contributed by atoms with Gasteiger partial charge in [-0.3, -0.25) is 4.79 Å². The second-order valence-corrected chi connectivity index (χ2v) is 10.9. The van der Waals surface area contributed by atoms with Gasteiger partial charge in [0.1, 0.15) is 5.75 Å². The number of ether oxygens (including phenoxy) is 1. The Morgan fingerprint density at radius 1 is 1.11 bits per heavy atom. The smallest absolute Gasteiger partial charge is 0.258 e. The summed E-state index contributed by atoms with van der Waals surface area (Å²) < 4.78 is 7.78. The fourth-order valence-corrected chi connectivity index (χ4v) is 4.78. The lowest BCUT2D eigenvalue weighted by molar-refractivity contribution is 0.0599. The Morgan fingerprint density at radius 3 is 2.51 bits per heavy atom. The minimum absolute atomic E-state index is 0.00685. The summed E-state index contributed by atoms with van der Waals surface area (Å²) in [7, 11) is 0. The van der Waals surface area contributed by atoms with Gasteiger partial charge in [-0.1, -0.05) is 51.7 Å². The Hall–Kier alpha value is -2.89. The molecule has 0 aliphatic carbocycles. The summed E-state index contributed by atoms with van der Waals surface area (Å²) in [5, 5.41) is 4.78. The largest absolute Gasteiger partial charge is 0.490 e. The zero-order valence-corrected chi connectivity index (χ0v) is 24.2. The molecule has 0 saturated carbocycles. The Kier molecular flexibility index (Phi) is 10.1. The van der Waals surface area contributed by atoms with E-state index in [0.29, 0.717) is 11.3 Å². The first-order valence-corrected chi connectivity index (χ1v) is 14.1. The molecule has 1 saturated heterocycles. The van der Waals surface area contributed by atoms with Gasteiger partial charge in [0.05, 0.1) is 23.4 Å². The summed E-state index contributed by atoms with van der Waals surface area (Å²) in [5.41, 5.74) is 5.50. The van der Waals surface area contributed by atoms with Gasteiger partial charge in [0, 0.05) is 24.5 Å². The van der Waals surface area contributed by atoms with Crippen LogP contribution in [0, 0.1) is 26.7 Å². The van der Waals surface area contributed by atoms with Crippen LogP contribution in [0.4, 0.5) is 0 Å². The molecule has 6 nitrogen and oxygen atoms in total. The summed E-state index contributed by atoms with van der Waals surface area (Å²) >= 11 is 0. The molecule has 202 valence electrons. The lowest BCUT2D eigenvalue weighted by Crippen LogP contribution is -2.39. The Balaban J connectivity index is 0.000000479. The monoisotopic (exact) mass is 506 g/mol. The number of likely N-dealkylation sites (tertiary alicyclic amines) is 1. The summed E-state index contributed by atoms with van der Waals surface area (Å²) in [6, 6.07) is 7.79. The number of amides is 1. The van der Waals surface area contributed by atoms with E-state index in [1.54, 1.807) is 0 Å². The lowest BCUT2D eigenvalue weighted by Gasteiger charge is -2.35. The number of carbonyl (C=O) groups excluding carboxylic acids is 1. The van der Waals surface area contributed by atoms with Gasteiger partial charge in [0.25, 0.3) is 5.91 Å². The van der Waals surface area contributed by atoms with Crippen molar-refractivity contribution in [1.29, 1.82) is 0 Å². The molecule has 37 heavy (non-hydrogen) atoms. The maximum Gasteiger partial charge on any atom is 0.258 e. The van der Waals surface area contributed by atoms with Gasteiger partial charge in [-0.15, -0.1) is 0 Å². The predicted molar refractivity (Wildman–Crippen MR) is 151 cm³/mol. The molecule has 4 rings (SSSR count). The van der Waals surface area contributed by atoms with Crippen LogP contribution in [-0.2, 0) is 0 Å². The van der Waals surface area contributed by atoms with Crippen LogP contribution in [0.1, 0.15) is 112 Å². The molecule has 1 unspecified atom stereocenters. The molecule has 3 aromatic rings. The molecule has 1 aliphatic heterocycles. The summed E-state index contributed by atoms with van der Waals surface area (Å²) in [4.78, 5) is 20.3. The lowest BCUT2D eigenvalue weighted by atomic mass is 9.97. The number of piperidine rings is 1. The quantitative estimate of drug-likeness (QED) is 0.330. The Labute approximate surface area is 223 Å². The standard InChI is InChI=1S/C24H30N4O2.C7H16/c1-15(2)30-22-10-9-16(3)12-19(22)24(29)27-11-7-6-8-21(27)20-13-23-25-18(5)17(4)14-28(23)26-20;1-4-6-7(3)5-2/h9-10,12-15,21H,6-8,11H2,1-5H3;7H,4-6H2,1-3H3/t21-;/m0./s1. The molecule has 1 amide bonds. The molecule has 6 heteroatoms. The highest BCUT2D eigenvalue weighted by Crippen LogP contribution is 2.34. The summed E-state index contributed by atoms with van der Waals surface area (Å²) in [5.74, 6) is 1.61. The average Bonchev–Trinajstić information content (AvgIpc) is 3.27. The van der Waals surface area contributed by atoms with Crippen LogP contribution in [0.5, 0.6) is 5.75 Å². The third kappa shape index (κ3) is 7.33.